The summed E-state index contributed by atoms with van der Waals surface area (Å²) in [5.41, 5.74) is -1.46. The summed E-state index contributed by atoms with van der Waals surface area (Å²) in [5, 5.41) is 14.2. The van der Waals surface area contributed by atoms with Crippen molar-refractivity contribution in [2.24, 2.45) is 11.8 Å². The summed E-state index contributed by atoms with van der Waals surface area (Å²) in [4.78, 5) is 12.0. The number of nitrogens with zero attached hydrogens (tertiary/aromatic N) is 1. The predicted octanol–water partition coefficient (Wildman–Crippen LogP) is 2.37. The van der Waals surface area contributed by atoms with Crippen LogP contribution in [0, 0.1) is 23.2 Å². The van der Waals surface area contributed by atoms with Crippen molar-refractivity contribution < 1.29 is 18.0 Å². The van der Waals surface area contributed by atoms with Gasteiger partial charge in [0.25, 0.3) is 0 Å². The molecular weight excluding hydrogens is 283 g/mol. The van der Waals surface area contributed by atoms with Gasteiger partial charge in [0.2, 0.25) is 5.91 Å². The van der Waals surface area contributed by atoms with E-state index in [1.165, 1.54) is 12.1 Å². The van der Waals surface area contributed by atoms with Crippen molar-refractivity contribution in [3.8, 4) is 6.07 Å². The van der Waals surface area contributed by atoms with Crippen LogP contribution in [0.4, 0.5) is 18.9 Å². The van der Waals surface area contributed by atoms with E-state index < -0.39 is 17.3 Å². The molecule has 0 bridgehead atoms. The highest BCUT2D eigenvalue weighted by Crippen LogP contribution is 2.33. The second kappa shape index (κ2) is 5.74. The maximum absolute atomic E-state index is 12.8. The Morgan fingerprint density at radius 1 is 1.48 bits per heavy atom. The Balaban J connectivity index is 2.17. The molecule has 1 fully saturated rings. The first-order valence-corrected chi connectivity index (χ1v) is 6.46. The number of nitrogens with one attached hydrogen (secondary N) is 2. The number of benzene rings is 1. The van der Waals surface area contributed by atoms with Gasteiger partial charge in [-0.15, -0.1) is 0 Å². The third-order valence-electron chi connectivity index (χ3n) is 3.65. The Hall–Kier alpha value is -2.07. The maximum atomic E-state index is 12.8. The molecule has 1 amide bonds. The van der Waals surface area contributed by atoms with Crippen molar-refractivity contribution >= 4 is 11.6 Å². The molecule has 0 spiro atoms. The zero-order valence-electron chi connectivity index (χ0n) is 11.3. The Labute approximate surface area is 119 Å². The van der Waals surface area contributed by atoms with E-state index in [1.54, 1.807) is 6.92 Å². The maximum Gasteiger partial charge on any atom is 0.417 e. The van der Waals surface area contributed by atoms with Gasteiger partial charge in [0, 0.05) is 11.6 Å². The van der Waals surface area contributed by atoms with Crippen LogP contribution in [0.2, 0.25) is 0 Å². The molecule has 2 rings (SSSR count). The van der Waals surface area contributed by atoms with Crippen LogP contribution in [0.15, 0.2) is 18.2 Å². The molecule has 4 nitrogen and oxygen atoms in total. The van der Waals surface area contributed by atoms with E-state index in [0.717, 1.165) is 25.2 Å². The number of carbonyl (C=O) groups excluding carboxylic acids is 1. The lowest BCUT2D eigenvalue weighted by Gasteiger charge is -2.31. The molecule has 0 saturated carbocycles. The lowest BCUT2D eigenvalue weighted by atomic mass is 9.88. The van der Waals surface area contributed by atoms with E-state index in [1.807, 2.05) is 0 Å². The highest BCUT2D eigenvalue weighted by molar-refractivity contribution is 5.92. The predicted molar refractivity (Wildman–Crippen MR) is 70.3 cm³/mol. The Morgan fingerprint density at radius 2 is 2.14 bits per heavy atom. The lowest BCUT2D eigenvalue weighted by Crippen LogP contribution is -2.48. The molecule has 1 aromatic rings. The van der Waals surface area contributed by atoms with Gasteiger partial charge < -0.3 is 10.6 Å². The molecule has 1 atom stereocenters. The molecule has 1 unspecified atom stereocenters. The van der Waals surface area contributed by atoms with E-state index in [4.69, 9.17) is 5.26 Å². The van der Waals surface area contributed by atoms with Crippen molar-refractivity contribution in [3.63, 3.8) is 0 Å². The summed E-state index contributed by atoms with van der Waals surface area (Å²) < 4.78 is 38.5. The van der Waals surface area contributed by atoms with Gasteiger partial charge in [-0.3, -0.25) is 4.79 Å². The molecule has 1 saturated heterocycles. The molecule has 2 N–H and O–H groups in total. The van der Waals surface area contributed by atoms with Crippen LogP contribution in [-0.4, -0.2) is 19.0 Å². The van der Waals surface area contributed by atoms with Crippen molar-refractivity contribution in [2.75, 3.05) is 18.4 Å². The van der Waals surface area contributed by atoms with Crippen molar-refractivity contribution in [1.29, 1.82) is 5.26 Å². The minimum absolute atomic E-state index is 0.0467. The lowest BCUT2D eigenvalue weighted by molar-refractivity contribution is -0.137. The smallest absolute Gasteiger partial charge is 0.326 e. The molecule has 1 aromatic carbocycles. The topological polar surface area (TPSA) is 64.9 Å². The van der Waals surface area contributed by atoms with E-state index in [2.05, 4.69) is 10.6 Å². The van der Waals surface area contributed by atoms with Crippen LogP contribution in [0.3, 0.4) is 0 Å². The van der Waals surface area contributed by atoms with Gasteiger partial charge >= 0.3 is 6.18 Å². The van der Waals surface area contributed by atoms with Gasteiger partial charge in [-0.1, -0.05) is 6.92 Å². The summed E-state index contributed by atoms with van der Waals surface area (Å²) in [6, 6.07) is 4.66. The third kappa shape index (κ3) is 3.34. The van der Waals surface area contributed by atoms with Crippen LogP contribution < -0.4 is 10.6 Å². The normalized spacial score (nSPS) is 16.7. The van der Waals surface area contributed by atoms with Crippen LogP contribution >= 0.6 is 0 Å². The highest BCUT2D eigenvalue weighted by Gasteiger charge is 2.34. The van der Waals surface area contributed by atoms with E-state index in [9.17, 15) is 18.0 Å². The van der Waals surface area contributed by atoms with Crippen molar-refractivity contribution in [2.45, 2.75) is 13.1 Å². The van der Waals surface area contributed by atoms with Crippen LogP contribution in [0.1, 0.15) is 18.1 Å². The van der Waals surface area contributed by atoms with E-state index >= 15 is 0 Å². The van der Waals surface area contributed by atoms with Gasteiger partial charge in [-0.05, 0) is 37.2 Å². The Bertz CT molecular complexity index is 588. The fourth-order valence-electron chi connectivity index (χ4n) is 2.09. The van der Waals surface area contributed by atoms with Crippen LogP contribution in [0.5, 0.6) is 0 Å². The fourth-order valence-corrected chi connectivity index (χ4v) is 2.09. The number of halogens is 3. The number of alkyl halides is 3. The number of anilines is 1. The van der Waals surface area contributed by atoms with E-state index in [-0.39, 0.29) is 23.4 Å². The highest BCUT2D eigenvalue weighted by atomic mass is 19.4. The monoisotopic (exact) mass is 297 g/mol. The largest absolute Gasteiger partial charge is 0.417 e. The first-order valence-electron chi connectivity index (χ1n) is 6.46. The molecule has 0 radical (unpaired) electrons. The number of amides is 1. The summed E-state index contributed by atoms with van der Waals surface area (Å²) in [6.07, 6.45) is -4.63. The first-order chi connectivity index (χ1) is 9.82. The SMILES string of the molecule is CC(C(=O)Nc1ccc(C#N)c(C(F)(F)F)c1)C1CNC1. The first kappa shape index (κ1) is 15.3. The number of carbonyl (C=O) groups is 1. The minimum Gasteiger partial charge on any atom is -0.326 e. The minimum atomic E-state index is -4.63. The summed E-state index contributed by atoms with van der Waals surface area (Å²) in [5.74, 6) is -0.402. The number of rotatable bonds is 3. The van der Waals surface area contributed by atoms with Crippen molar-refractivity contribution in [1.82, 2.24) is 5.32 Å². The average molecular weight is 297 g/mol. The molecule has 1 heterocycles. The van der Waals surface area contributed by atoms with Gasteiger partial charge in [0.15, 0.2) is 0 Å². The number of hydrogen-bond donors (Lipinski definition) is 2. The summed E-state index contributed by atoms with van der Waals surface area (Å²) in [6.45, 7) is 3.21. The van der Waals surface area contributed by atoms with Gasteiger partial charge in [-0.25, -0.2) is 0 Å². The van der Waals surface area contributed by atoms with Gasteiger partial charge in [0.1, 0.15) is 0 Å². The van der Waals surface area contributed by atoms with Crippen molar-refractivity contribution in [3.05, 3.63) is 29.3 Å². The zero-order chi connectivity index (χ0) is 15.6. The number of hydrogen-bond acceptors (Lipinski definition) is 3. The molecule has 21 heavy (non-hydrogen) atoms. The quantitative estimate of drug-likeness (QED) is 0.900. The fraction of sp³-hybridized carbons (Fsp3) is 0.429. The molecule has 0 aliphatic carbocycles. The third-order valence-corrected chi connectivity index (χ3v) is 3.65. The average Bonchev–Trinajstić information content (AvgIpc) is 2.35. The molecule has 7 heteroatoms. The summed E-state index contributed by atoms with van der Waals surface area (Å²) >= 11 is 0. The standard InChI is InChI=1S/C14H14F3N3O/c1-8(10-6-19-7-10)13(21)20-11-3-2-9(5-18)12(4-11)14(15,16)17/h2-4,8,10,19H,6-7H2,1H3,(H,20,21). The Kier molecular flexibility index (Phi) is 4.19. The molecule has 112 valence electrons. The second-order valence-electron chi connectivity index (χ2n) is 5.07. The van der Waals surface area contributed by atoms with Crippen LogP contribution in [-0.2, 0) is 11.0 Å². The molecular formula is C14H14F3N3O. The zero-order valence-corrected chi connectivity index (χ0v) is 11.3. The molecule has 0 aromatic heterocycles. The second-order valence-corrected chi connectivity index (χ2v) is 5.07. The Morgan fingerprint density at radius 3 is 2.62 bits per heavy atom. The van der Waals surface area contributed by atoms with Gasteiger partial charge in [0.05, 0.1) is 17.2 Å². The van der Waals surface area contributed by atoms with Crippen LogP contribution in [0.25, 0.3) is 0 Å². The molecule has 1 aliphatic rings. The van der Waals surface area contributed by atoms with E-state index in [0.29, 0.717) is 0 Å². The molecule has 1 aliphatic heterocycles. The number of nitriles is 1. The van der Waals surface area contributed by atoms with Gasteiger partial charge in [-0.2, -0.15) is 18.4 Å². The summed E-state index contributed by atoms with van der Waals surface area (Å²) in [7, 11) is 0.